The Bertz CT molecular complexity index is 608. The molecule has 0 aromatic carbocycles. The molecule has 1 N–H and O–H groups in total. The van der Waals surface area contributed by atoms with Crippen molar-refractivity contribution >= 4 is 17.3 Å². The number of halogens is 1. The molecule has 0 fully saturated rings. The first-order valence-electron chi connectivity index (χ1n) is 5.71. The lowest BCUT2D eigenvalue weighted by atomic mass is 10.2. The Hall–Kier alpha value is -1.83. The minimum Gasteiger partial charge on any atom is -0.476 e. The maximum Gasteiger partial charge on any atom is 0.358 e. The fourth-order valence-corrected chi connectivity index (χ4v) is 2.77. The smallest absolute Gasteiger partial charge is 0.358 e. The van der Waals surface area contributed by atoms with E-state index in [4.69, 9.17) is 5.11 Å². The van der Waals surface area contributed by atoms with E-state index in [0.29, 0.717) is 12.2 Å². The van der Waals surface area contributed by atoms with Crippen molar-refractivity contribution in [3.05, 3.63) is 16.4 Å². The first-order valence-corrected chi connectivity index (χ1v) is 6.53. The van der Waals surface area contributed by atoms with Gasteiger partial charge in [0.05, 0.1) is 22.3 Å². The van der Waals surface area contributed by atoms with Gasteiger partial charge in [0.25, 0.3) is 0 Å². The molecular weight excluding hydrogens is 271 g/mol. The molecule has 6 nitrogen and oxygen atoms in total. The van der Waals surface area contributed by atoms with Crippen molar-refractivity contribution in [2.75, 3.05) is 6.67 Å². The minimum atomic E-state index is -1.15. The standard InChI is InChI=1S/C11H13FN4O2S/c1-6-10(19-7(2)13-6)9-8(11(17)18)14-15-16(9)5-3-4-12/h3-5H2,1-2H3,(H,17,18). The highest BCUT2D eigenvalue weighted by molar-refractivity contribution is 7.15. The highest BCUT2D eigenvalue weighted by atomic mass is 32.1. The number of hydrogen-bond acceptors (Lipinski definition) is 5. The van der Waals surface area contributed by atoms with Crippen molar-refractivity contribution in [3.8, 4) is 10.6 Å². The van der Waals surface area contributed by atoms with E-state index < -0.39 is 12.6 Å². The van der Waals surface area contributed by atoms with Gasteiger partial charge in [-0.1, -0.05) is 5.21 Å². The van der Waals surface area contributed by atoms with Gasteiger partial charge in [0.15, 0.2) is 5.69 Å². The van der Waals surface area contributed by atoms with Gasteiger partial charge in [-0.3, -0.25) is 4.39 Å². The van der Waals surface area contributed by atoms with E-state index in [-0.39, 0.29) is 12.1 Å². The number of carbonyl (C=O) groups is 1. The van der Waals surface area contributed by atoms with E-state index in [9.17, 15) is 9.18 Å². The molecule has 0 bridgehead atoms. The molecule has 2 rings (SSSR count). The number of carboxylic acids is 1. The zero-order chi connectivity index (χ0) is 14.0. The molecule has 0 unspecified atom stereocenters. The molecule has 0 radical (unpaired) electrons. The number of rotatable bonds is 5. The molecule has 2 aromatic rings. The lowest BCUT2D eigenvalue weighted by Gasteiger charge is -2.04. The van der Waals surface area contributed by atoms with Gasteiger partial charge in [0, 0.05) is 6.54 Å². The number of alkyl halides is 1. The summed E-state index contributed by atoms with van der Waals surface area (Å²) in [5, 5.41) is 17.5. The van der Waals surface area contributed by atoms with Gasteiger partial charge in [-0.15, -0.1) is 16.4 Å². The summed E-state index contributed by atoms with van der Waals surface area (Å²) in [6.45, 7) is 3.46. The van der Waals surface area contributed by atoms with Crippen molar-refractivity contribution in [1.82, 2.24) is 20.0 Å². The van der Waals surface area contributed by atoms with Crippen LogP contribution in [0.2, 0.25) is 0 Å². The molecule has 0 spiro atoms. The molecule has 102 valence electrons. The maximum atomic E-state index is 12.3. The average Bonchev–Trinajstić information content (AvgIpc) is 2.89. The van der Waals surface area contributed by atoms with Crippen molar-refractivity contribution in [1.29, 1.82) is 0 Å². The van der Waals surface area contributed by atoms with Crippen LogP contribution in [0.4, 0.5) is 4.39 Å². The van der Waals surface area contributed by atoms with E-state index in [0.717, 1.165) is 15.6 Å². The fraction of sp³-hybridized carbons (Fsp3) is 0.455. The Morgan fingerprint density at radius 3 is 2.74 bits per heavy atom. The van der Waals surface area contributed by atoms with E-state index in [1.165, 1.54) is 16.0 Å². The topological polar surface area (TPSA) is 80.9 Å². The zero-order valence-electron chi connectivity index (χ0n) is 10.6. The third-order valence-electron chi connectivity index (χ3n) is 2.56. The second-order valence-electron chi connectivity index (χ2n) is 4.00. The fourth-order valence-electron chi connectivity index (χ4n) is 1.80. The summed E-state index contributed by atoms with van der Waals surface area (Å²) in [6, 6.07) is 0. The summed E-state index contributed by atoms with van der Waals surface area (Å²) >= 11 is 1.38. The van der Waals surface area contributed by atoms with Gasteiger partial charge < -0.3 is 5.11 Å². The highest BCUT2D eigenvalue weighted by Gasteiger charge is 2.23. The van der Waals surface area contributed by atoms with Gasteiger partial charge >= 0.3 is 5.97 Å². The van der Waals surface area contributed by atoms with Crippen LogP contribution in [0.25, 0.3) is 10.6 Å². The van der Waals surface area contributed by atoms with Crippen LogP contribution in [0.3, 0.4) is 0 Å². The molecule has 0 aliphatic carbocycles. The molecule has 0 amide bonds. The van der Waals surface area contributed by atoms with Gasteiger partial charge in [-0.25, -0.2) is 14.5 Å². The van der Waals surface area contributed by atoms with Crippen molar-refractivity contribution in [2.45, 2.75) is 26.8 Å². The molecule has 2 heterocycles. The molecule has 0 atom stereocenters. The molecule has 0 saturated heterocycles. The maximum absolute atomic E-state index is 12.3. The van der Waals surface area contributed by atoms with E-state index >= 15 is 0 Å². The first-order chi connectivity index (χ1) is 9.04. The van der Waals surface area contributed by atoms with Crippen LogP contribution in [-0.4, -0.2) is 37.7 Å². The number of aryl methyl sites for hydroxylation is 3. The molecule has 0 aliphatic heterocycles. The van der Waals surface area contributed by atoms with Gasteiger partial charge in [0.1, 0.15) is 5.69 Å². The number of aromatic carboxylic acids is 1. The Morgan fingerprint density at radius 2 is 2.21 bits per heavy atom. The van der Waals surface area contributed by atoms with E-state index in [2.05, 4.69) is 15.3 Å². The summed E-state index contributed by atoms with van der Waals surface area (Å²) in [4.78, 5) is 16.2. The van der Waals surface area contributed by atoms with Crippen LogP contribution in [0.15, 0.2) is 0 Å². The second kappa shape index (κ2) is 5.43. The van der Waals surface area contributed by atoms with Crippen LogP contribution in [0.1, 0.15) is 27.6 Å². The third-order valence-corrected chi connectivity index (χ3v) is 3.64. The third kappa shape index (κ3) is 2.62. The van der Waals surface area contributed by atoms with Crippen LogP contribution < -0.4 is 0 Å². The number of nitrogens with zero attached hydrogens (tertiary/aromatic N) is 4. The molecule has 0 aliphatic rings. The van der Waals surface area contributed by atoms with Crippen molar-refractivity contribution in [2.24, 2.45) is 0 Å². The van der Waals surface area contributed by atoms with Crippen molar-refractivity contribution < 1.29 is 14.3 Å². The number of thiazole rings is 1. The molecule has 0 saturated carbocycles. The lowest BCUT2D eigenvalue weighted by Crippen LogP contribution is -2.05. The Morgan fingerprint density at radius 1 is 1.47 bits per heavy atom. The summed E-state index contributed by atoms with van der Waals surface area (Å²) in [5.74, 6) is -1.15. The number of carboxylic acid groups (broad SMARTS) is 1. The highest BCUT2D eigenvalue weighted by Crippen LogP contribution is 2.31. The molecule has 2 aromatic heterocycles. The summed E-state index contributed by atoms with van der Waals surface area (Å²) < 4.78 is 13.7. The predicted molar refractivity (Wildman–Crippen MR) is 68.2 cm³/mol. The molecule has 8 heteroatoms. The number of hydrogen-bond donors (Lipinski definition) is 1. The Labute approximate surface area is 112 Å². The minimum absolute atomic E-state index is 0.120. The quantitative estimate of drug-likeness (QED) is 0.909. The molecular formula is C11H13FN4O2S. The normalized spacial score (nSPS) is 10.9. The summed E-state index contributed by atoms with van der Waals surface area (Å²) in [6.07, 6.45) is 0.270. The Balaban J connectivity index is 2.54. The van der Waals surface area contributed by atoms with E-state index in [1.807, 2.05) is 6.92 Å². The van der Waals surface area contributed by atoms with Crippen LogP contribution in [0, 0.1) is 13.8 Å². The monoisotopic (exact) mass is 284 g/mol. The van der Waals surface area contributed by atoms with E-state index in [1.54, 1.807) is 6.92 Å². The molecule has 19 heavy (non-hydrogen) atoms. The lowest BCUT2D eigenvalue weighted by molar-refractivity contribution is 0.0691. The van der Waals surface area contributed by atoms with Gasteiger partial charge in [0.2, 0.25) is 0 Å². The average molecular weight is 284 g/mol. The van der Waals surface area contributed by atoms with Gasteiger partial charge in [-0.05, 0) is 20.3 Å². The van der Waals surface area contributed by atoms with Crippen LogP contribution in [0.5, 0.6) is 0 Å². The largest absolute Gasteiger partial charge is 0.476 e. The van der Waals surface area contributed by atoms with Gasteiger partial charge in [-0.2, -0.15) is 0 Å². The summed E-state index contributed by atoms with van der Waals surface area (Å²) in [5.41, 5.74) is 1.02. The predicted octanol–water partition coefficient (Wildman–Crippen LogP) is 2.08. The number of aromatic nitrogens is 4. The van der Waals surface area contributed by atoms with Crippen LogP contribution in [-0.2, 0) is 6.54 Å². The van der Waals surface area contributed by atoms with Crippen LogP contribution >= 0.6 is 11.3 Å². The zero-order valence-corrected chi connectivity index (χ0v) is 11.4. The SMILES string of the molecule is Cc1nc(C)c(-c2c(C(=O)O)nnn2CCCF)s1. The van der Waals surface area contributed by atoms with Crippen molar-refractivity contribution in [3.63, 3.8) is 0 Å². The first kappa shape index (κ1) is 13.6. The Kier molecular flexibility index (Phi) is 3.89. The second-order valence-corrected chi connectivity index (χ2v) is 5.21. The summed E-state index contributed by atoms with van der Waals surface area (Å²) in [7, 11) is 0.